The minimum atomic E-state index is -0.493. The number of halogens is 2. The van der Waals surface area contributed by atoms with E-state index in [1.165, 1.54) is 0 Å². The second-order valence-electron chi connectivity index (χ2n) is 7.68. The van der Waals surface area contributed by atoms with Gasteiger partial charge in [0.1, 0.15) is 0 Å². The van der Waals surface area contributed by atoms with E-state index >= 15 is 0 Å². The molecule has 0 atom stereocenters. The first-order chi connectivity index (χ1) is 16.3. The Kier molecular flexibility index (Phi) is 6.83. The van der Waals surface area contributed by atoms with Crippen molar-refractivity contribution in [3.05, 3.63) is 110 Å². The fourth-order valence-electron chi connectivity index (χ4n) is 3.38. The van der Waals surface area contributed by atoms with Gasteiger partial charge in [0.15, 0.2) is 0 Å². The molecule has 0 fully saturated rings. The Balaban J connectivity index is 1.51. The summed E-state index contributed by atoms with van der Waals surface area (Å²) in [6.07, 6.45) is 1.70. The van der Waals surface area contributed by atoms with E-state index in [1.54, 1.807) is 55.6 Å². The van der Waals surface area contributed by atoms with Crippen LogP contribution in [-0.4, -0.2) is 16.8 Å². The molecule has 7 heteroatoms. The van der Waals surface area contributed by atoms with E-state index in [0.717, 1.165) is 22.0 Å². The number of pyridine rings is 1. The molecule has 1 heterocycles. The number of carbonyl (C=O) groups is 2. The maximum atomic E-state index is 12.6. The van der Waals surface area contributed by atoms with Gasteiger partial charge in [0, 0.05) is 33.3 Å². The first-order valence-corrected chi connectivity index (χ1v) is 11.1. The van der Waals surface area contributed by atoms with E-state index in [-0.39, 0.29) is 0 Å². The van der Waals surface area contributed by atoms with Crippen LogP contribution in [0, 0.1) is 25.7 Å². The van der Waals surface area contributed by atoms with E-state index in [4.69, 9.17) is 23.2 Å². The summed E-state index contributed by atoms with van der Waals surface area (Å²) in [5, 5.41) is 1.84. The summed E-state index contributed by atoms with van der Waals surface area (Å²) in [7, 11) is 0. The molecule has 0 spiro atoms. The molecule has 2 N–H and O–H groups in total. The molecular formula is C27H19Cl2N3O2. The van der Waals surface area contributed by atoms with Crippen LogP contribution in [0.1, 0.15) is 43.0 Å². The van der Waals surface area contributed by atoms with Crippen LogP contribution < -0.4 is 10.9 Å². The number of rotatable bonds is 2. The summed E-state index contributed by atoms with van der Waals surface area (Å²) in [6, 6.07) is 17.7. The molecule has 4 aromatic rings. The zero-order valence-electron chi connectivity index (χ0n) is 18.4. The topological polar surface area (TPSA) is 71.1 Å². The Hall–Kier alpha value is -3.85. The number of hydrazine groups is 1. The molecule has 168 valence electrons. The lowest BCUT2D eigenvalue weighted by atomic mass is 10.0. The van der Waals surface area contributed by atoms with Gasteiger partial charge in [0.05, 0.1) is 16.1 Å². The molecule has 0 radical (unpaired) electrons. The van der Waals surface area contributed by atoms with E-state index in [9.17, 15) is 9.59 Å². The highest BCUT2D eigenvalue weighted by atomic mass is 35.5. The molecule has 0 aliphatic heterocycles. The summed E-state index contributed by atoms with van der Waals surface area (Å²) < 4.78 is 0. The van der Waals surface area contributed by atoms with Crippen molar-refractivity contribution in [3.8, 4) is 11.8 Å². The van der Waals surface area contributed by atoms with Gasteiger partial charge >= 0.3 is 0 Å². The highest BCUT2D eigenvalue weighted by Gasteiger charge is 2.15. The number of nitrogens with one attached hydrogen (secondary N) is 2. The van der Waals surface area contributed by atoms with Gasteiger partial charge in [0.2, 0.25) is 0 Å². The SMILES string of the molecule is Cc1ccc(C(=O)NNC(=O)c2c(C)cccc2Cl)cc1C#Cc1cnc2ccc(Cl)cc2c1. The van der Waals surface area contributed by atoms with E-state index < -0.39 is 11.8 Å². The summed E-state index contributed by atoms with van der Waals surface area (Å²) in [5.41, 5.74) is 9.38. The van der Waals surface area contributed by atoms with Gasteiger partial charge in [-0.25, -0.2) is 0 Å². The first kappa shape index (κ1) is 23.3. The Bertz CT molecular complexity index is 1480. The van der Waals surface area contributed by atoms with Crippen LogP contribution in [0.3, 0.4) is 0 Å². The van der Waals surface area contributed by atoms with Crippen LogP contribution in [0.25, 0.3) is 10.9 Å². The maximum Gasteiger partial charge on any atom is 0.271 e. The minimum Gasteiger partial charge on any atom is -0.267 e. The van der Waals surface area contributed by atoms with Crippen LogP contribution in [0.4, 0.5) is 0 Å². The maximum absolute atomic E-state index is 12.6. The molecule has 4 rings (SSSR count). The number of aromatic nitrogens is 1. The normalized spacial score (nSPS) is 10.4. The van der Waals surface area contributed by atoms with Gasteiger partial charge in [-0.05, 0) is 67.4 Å². The summed E-state index contributed by atoms with van der Waals surface area (Å²) in [5.74, 6) is 5.23. The molecule has 5 nitrogen and oxygen atoms in total. The fourth-order valence-corrected chi connectivity index (χ4v) is 3.86. The standard InChI is InChI=1S/C27H19Cl2N3O2/c1-16-6-8-20(26(33)31-32-27(34)25-17(2)4-3-5-23(25)29)13-19(16)9-7-18-12-21-14-22(28)10-11-24(21)30-15-18/h3-6,8,10-15H,1-2H3,(H,31,33)(H,32,34). The third kappa shape index (κ3) is 5.20. The van der Waals surface area contributed by atoms with Crippen LogP contribution >= 0.6 is 23.2 Å². The van der Waals surface area contributed by atoms with Gasteiger partial charge < -0.3 is 0 Å². The predicted molar refractivity (Wildman–Crippen MR) is 135 cm³/mol. The molecule has 0 saturated heterocycles. The van der Waals surface area contributed by atoms with E-state index in [0.29, 0.717) is 32.3 Å². The Morgan fingerprint density at radius 2 is 1.65 bits per heavy atom. The number of fused-ring (bicyclic) bond motifs is 1. The zero-order valence-corrected chi connectivity index (χ0v) is 19.9. The highest BCUT2D eigenvalue weighted by Crippen LogP contribution is 2.20. The van der Waals surface area contributed by atoms with Crippen molar-refractivity contribution in [2.75, 3.05) is 0 Å². The molecule has 1 aromatic heterocycles. The number of nitrogens with zero attached hydrogens (tertiary/aromatic N) is 1. The first-order valence-electron chi connectivity index (χ1n) is 10.4. The number of benzene rings is 3. The van der Waals surface area contributed by atoms with E-state index in [1.807, 2.05) is 25.1 Å². The monoisotopic (exact) mass is 487 g/mol. The van der Waals surface area contributed by atoms with Crippen LogP contribution in [0.15, 0.2) is 66.9 Å². The number of carbonyl (C=O) groups excluding carboxylic acids is 2. The van der Waals surface area contributed by atoms with Gasteiger partial charge in [-0.1, -0.05) is 53.2 Å². The van der Waals surface area contributed by atoms with Gasteiger partial charge in [0.25, 0.3) is 11.8 Å². The third-order valence-electron chi connectivity index (χ3n) is 5.22. The van der Waals surface area contributed by atoms with Crippen molar-refractivity contribution in [3.63, 3.8) is 0 Å². The second-order valence-corrected chi connectivity index (χ2v) is 8.52. The molecule has 0 bridgehead atoms. The lowest BCUT2D eigenvalue weighted by molar-refractivity contribution is 0.0846. The molecule has 0 aliphatic carbocycles. The summed E-state index contributed by atoms with van der Waals surface area (Å²) >= 11 is 12.2. The Labute approximate surface area is 207 Å². The molecule has 3 aromatic carbocycles. The van der Waals surface area contributed by atoms with Gasteiger partial charge in [-0.3, -0.25) is 25.4 Å². The van der Waals surface area contributed by atoms with E-state index in [2.05, 4.69) is 27.7 Å². The van der Waals surface area contributed by atoms with Crippen molar-refractivity contribution in [1.29, 1.82) is 0 Å². The quantitative estimate of drug-likeness (QED) is 0.284. The van der Waals surface area contributed by atoms with Crippen molar-refractivity contribution < 1.29 is 9.59 Å². The Morgan fingerprint density at radius 1 is 0.853 bits per heavy atom. The number of hydrogen-bond acceptors (Lipinski definition) is 3. The molecule has 34 heavy (non-hydrogen) atoms. The fraction of sp³-hybridized carbons (Fsp3) is 0.0741. The number of aryl methyl sites for hydroxylation is 2. The number of hydrogen-bond donors (Lipinski definition) is 2. The smallest absolute Gasteiger partial charge is 0.267 e. The lowest BCUT2D eigenvalue weighted by Gasteiger charge is -2.11. The minimum absolute atomic E-state index is 0.310. The van der Waals surface area contributed by atoms with Crippen molar-refractivity contribution in [2.45, 2.75) is 13.8 Å². The molecule has 0 aliphatic rings. The largest absolute Gasteiger partial charge is 0.271 e. The van der Waals surface area contributed by atoms with Crippen LogP contribution in [-0.2, 0) is 0 Å². The molecular weight excluding hydrogens is 469 g/mol. The van der Waals surface area contributed by atoms with Crippen molar-refractivity contribution in [1.82, 2.24) is 15.8 Å². The third-order valence-corrected chi connectivity index (χ3v) is 5.77. The molecule has 2 amide bonds. The van der Waals surface area contributed by atoms with Gasteiger partial charge in [-0.15, -0.1) is 0 Å². The van der Waals surface area contributed by atoms with Crippen molar-refractivity contribution >= 4 is 45.9 Å². The number of amides is 2. The van der Waals surface area contributed by atoms with Crippen LogP contribution in [0.5, 0.6) is 0 Å². The predicted octanol–water partition coefficient (Wildman–Crippen LogP) is 5.63. The van der Waals surface area contributed by atoms with Crippen molar-refractivity contribution in [2.24, 2.45) is 0 Å². The lowest BCUT2D eigenvalue weighted by Crippen LogP contribution is -2.42. The average molecular weight is 488 g/mol. The summed E-state index contributed by atoms with van der Waals surface area (Å²) in [6.45, 7) is 3.68. The molecule has 0 unspecified atom stereocenters. The highest BCUT2D eigenvalue weighted by molar-refractivity contribution is 6.34. The Morgan fingerprint density at radius 3 is 2.44 bits per heavy atom. The average Bonchev–Trinajstić information content (AvgIpc) is 2.81. The summed E-state index contributed by atoms with van der Waals surface area (Å²) in [4.78, 5) is 29.5. The zero-order chi connectivity index (χ0) is 24.2. The van der Waals surface area contributed by atoms with Gasteiger partial charge in [-0.2, -0.15) is 0 Å². The molecule has 0 saturated carbocycles. The second kappa shape index (κ2) is 9.96. The van der Waals surface area contributed by atoms with Crippen LogP contribution in [0.2, 0.25) is 10.0 Å².